The van der Waals surface area contributed by atoms with Gasteiger partial charge in [-0.15, -0.1) is 0 Å². The summed E-state index contributed by atoms with van der Waals surface area (Å²) in [6, 6.07) is 5.41. The van der Waals surface area contributed by atoms with Crippen molar-refractivity contribution in [2.24, 2.45) is 0 Å². The topological polar surface area (TPSA) is 78.4 Å². The standard InChI is InChI=1S/C15H17F3N2O3/c16-15(17,18)8-10-4-1-2-5-11(10)20-13(22)12(21)19-9-14(23)6-3-7-14/h1-2,4-5,23H,3,6-9H2,(H,19,21)(H,20,22). The molecular weight excluding hydrogens is 313 g/mol. The molecule has 1 aromatic rings. The smallest absolute Gasteiger partial charge is 0.388 e. The molecule has 3 N–H and O–H groups in total. The van der Waals surface area contributed by atoms with Crippen LogP contribution in [-0.2, 0) is 16.0 Å². The van der Waals surface area contributed by atoms with Gasteiger partial charge in [0.1, 0.15) is 0 Å². The monoisotopic (exact) mass is 330 g/mol. The fraction of sp³-hybridized carbons (Fsp3) is 0.467. The van der Waals surface area contributed by atoms with Gasteiger partial charge in [-0.1, -0.05) is 18.2 Å². The van der Waals surface area contributed by atoms with Gasteiger partial charge >= 0.3 is 18.0 Å². The zero-order valence-corrected chi connectivity index (χ0v) is 12.2. The molecule has 2 amide bonds. The van der Waals surface area contributed by atoms with Crippen LogP contribution in [0.2, 0.25) is 0 Å². The largest absolute Gasteiger partial charge is 0.393 e. The molecule has 0 bridgehead atoms. The first kappa shape index (κ1) is 17.3. The third kappa shape index (κ3) is 4.95. The number of para-hydroxylation sites is 1. The van der Waals surface area contributed by atoms with Crippen LogP contribution in [0.4, 0.5) is 18.9 Å². The summed E-state index contributed by atoms with van der Waals surface area (Å²) in [5.74, 6) is -2.06. The lowest BCUT2D eigenvalue weighted by molar-refractivity contribution is -0.137. The van der Waals surface area contributed by atoms with E-state index in [1.807, 2.05) is 0 Å². The Labute approximate surface area is 130 Å². The minimum absolute atomic E-state index is 0.0521. The quantitative estimate of drug-likeness (QED) is 0.736. The van der Waals surface area contributed by atoms with Gasteiger partial charge in [0.2, 0.25) is 0 Å². The SMILES string of the molecule is O=C(NCC1(O)CCC1)C(=O)Nc1ccccc1CC(F)(F)F. The van der Waals surface area contributed by atoms with Crippen LogP contribution in [0.15, 0.2) is 24.3 Å². The van der Waals surface area contributed by atoms with Crippen LogP contribution in [0.5, 0.6) is 0 Å². The maximum absolute atomic E-state index is 12.5. The van der Waals surface area contributed by atoms with Crippen LogP contribution in [0, 0.1) is 0 Å². The second kappa shape index (κ2) is 6.57. The molecule has 0 saturated heterocycles. The maximum Gasteiger partial charge on any atom is 0.393 e. The summed E-state index contributed by atoms with van der Waals surface area (Å²) in [6.07, 6.45) is -3.68. The molecule has 5 nitrogen and oxygen atoms in total. The van der Waals surface area contributed by atoms with Crippen LogP contribution >= 0.6 is 0 Å². The van der Waals surface area contributed by atoms with Crippen molar-refractivity contribution in [2.45, 2.75) is 37.5 Å². The first-order valence-electron chi connectivity index (χ1n) is 7.15. The van der Waals surface area contributed by atoms with Crippen LogP contribution in [0.3, 0.4) is 0 Å². The van der Waals surface area contributed by atoms with Crippen molar-refractivity contribution >= 4 is 17.5 Å². The minimum atomic E-state index is -4.42. The van der Waals surface area contributed by atoms with E-state index in [-0.39, 0.29) is 17.8 Å². The van der Waals surface area contributed by atoms with E-state index in [1.165, 1.54) is 24.3 Å². The molecule has 0 atom stereocenters. The van der Waals surface area contributed by atoms with Crippen LogP contribution in [0.25, 0.3) is 0 Å². The molecule has 1 fully saturated rings. The van der Waals surface area contributed by atoms with Crippen LogP contribution in [-0.4, -0.2) is 35.2 Å². The molecule has 1 aromatic carbocycles. The molecule has 1 aliphatic carbocycles. The summed E-state index contributed by atoms with van der Waals surface area (Å²) in [7, 11) is 0. The number of rotatable bonds is 4. The molecule has 23 heavy (non-hydrogen) atoms. The third-order valence-corrected chi connectivity index (χ3v) is 3.72. The molecule has 0 aromatic heterocycles. The van der Waals surface area contributed by atoms with Gasteiger partial charge in [-0.25, -0.2) is 0 Å². The van der Waals surface area contributed by atoms with Crippen LogP contribution < -0.4 is 10.6 Å². The number of anilines is 1. The highest BCUT2D eigenvalue weighted by Crippen LogP contribution is 2.30. The Morgan fingerprint density at radius 2 is 1.83 bits per heavy atom. The predicted molar refractivity (Wildman–Crippen MR) is 76.6 cm³/mol. The maximum atomic E-state index is 12.5. The minimum Gasteiger partial charge on any atom is -0.388 e. The van der Waals surface area contributed by atoms with Crippen molar-refractivity contribution in [2.75, 3.05) is 11.9 Å². The van der Waals surface area contributed by atoms with Crippen molar-refractivity contribution in [3.05, 3.63) is 29.8 Å². The zero-order valence-electron chi connectivity index (χ0n) is 12.2. The number of hydrogen-bond donors (Lipinski definition) is 3. The van der Waals surface area contributed by atoms with Gasteiger partial charge in [-0.3, -0.25) is 9.59 Å². The zero-order chi connectivity index (χ0) is 17.1. The summed E-state index contributed by atoms with van der Waals surface area (Å²) in [4.78, 5) is 23.4. The number of halogens is 3. The number of benzene rings is 1. The number of carbonyl (C=O) groups excluding carboxylic acids is 2. The van der Waals surface area contributed by atoms with Gasteiger partial charge in [0.05, 0.1) is 12.0 Å². The first-order chi connectivity index (χ1) is 10.7. The van der Waals surface area contributed by atoms with Crippen molar-refractivity contribution in [3.63, 3.8) is 0 Å². The Morgan fingerprint density at radius 3 is 2.39 bits per heavy atom. The average molecular weight is 330 g/mol. The summed E-state index contributed by atoms with van der Waals surface area (Å²) < 4.78 is 37.5. The molecule has 0 unspecified atom stereocenters. The van der Waals surface area contributed by atoms with E-state index in [0.717, 1.165) is 6.42 Å². The molecule has 0 radical (unpaired) electrons. The molecule has 0 heterocycles. The predicted octanol–water partition coefficient (Wildman–Crippen LogP) is 1.76. The van der Waals surface area contributed by atoms with E-state index in [0.29, 0.717) is 12.8 Å². The van der Waals surface area contributed by atoms with Gasteiger partial charge in [-0.2, -0.15) is 13.2 Å². The van der Waals surface area contributed by atoms with E-state index in [9.17, 15) is 27.9 Å². The highest BCUT2D eigenvalue weighted by atomic mass is 19.4. The van der Waals surface area contributed by atoms with E-state index < -0.39 is 30.0 Å². The fourth-order valence-electron chi connectivity index (χ4n) is 2.28. The Hall–Kier alpha value is -2.09. The van der Waals surface area contributed by atoms with Gasteiger partial charge in [-0.05, 0) is 30.9 Å². The second-order valence-electron chi connectivity index (χ2n) is 5.66. The van der Waals surface area contributed by atoms with Gasteiger partial charge in [0.15, 0.2) is 0 Å². The summed E-state index contributed by atoms with van der Waals surface area (Å²) in [5, 5.41) is 14.3. The number of hydrogen-bond acceptors (Lipinski definition) is 3. The summed E-state index contributed by atoms with van der Waals surface area (Å²) in [5.41, 5.74) is -1.17. The van der Waals surface area contributed by atoms with Gasteiger partial charge in [0, 0.05) is 12.2 Å². The van der Waals surface area contributed by atoms with Crippen LogP contribution in [0.1, 0.15) is 24.8 Å². The van der Waals surface area contributed by atoms with E-state index in [4.69, 9.17) is 0 Å². The van der Waals surface area contributed by atoms with Gasteiger partial charge < -0.3 is 15.7 Å². The third-order valence-electron chi connectivity index (χ3n) is 3.72. The lowest BCUT2D eigenvalue weighted by atomic mass is 9.80. The van der Waals surface area contributed by atoms with Gasteiger partial charge in [0.25, 0.3) is 0 Å². The summed E-state index contributed by atoms with van der Waals surface area (Å²) >= 11 is 0. The Kier molecular flexibility index (Phi) is 4.93. The number of carbonyl (C=O) groups is 2. The Bertz CT molecular complexity index is 598. The number of nitrogens with one attached hydrogen (secondary N) is 2. The average Bonchev–Trinajstić information content (AvgIpc) is 2.43. The second-order valence-corrected chi connectivity index (χ2v) is 5.66. The van der Waals surface area contributed by atoms with Crippen molar-refractivity contribution in [3.8, 4) is 0 Å². The molecular formula is C15H17F3N2O3. The lowest BCUT2D eigenvalue weighted by Gasteiger charge is -2.36. The molecule has 0 spiro atoms. The number of alkyl halides is 3. The van der Waals surface area contributed by atoms with Crippen molar-refractivity contribution in [1.29, 1.82) is 0 Å². The molecule has 126 valence electrons. The normalized spacial score (nSPS) is 16.3. The van der Waals surface area contributed by atoms with Crippen molar-refractivity contribution < 1.29 is 27.9 Å². The highest BCUT2D eigenvalue weighted by molar-refractivity contribution is 6.39. The van der Waals surface area contributed by atoms with Crippen molar-refractivity contribution in [1.82, 2.24) is 5.32 Å². The molecule has 8 heteroatoms. The summed E-state index contributed by atoms with van der Waals surface area (Å²) in [6.45, 7) is -0.0521. The first-order valence-corrected chi connectivity index (χ1v) is 7.15. The lowest BCUT2D eigenvalue weighted by Crippen LogP contribution is -2.49. The fourth-order valence-corrected chi connectivity index (χ4v) is 2.28. The molecule has 2 rings (SSSR count). The highest BCUT2D eigenvalue weighted by Gasteiger charge is 2.35. The van der Waals surface area contributed by atoms with E-state index >= 15 is 0 Å². The van der Waals surface area contributed by atoms with E-state index in [1.54, 1.807) is 0 Å². The molecule has 1 saturated carbocycles. The molecule has 0 aliphatic heterocycles. The number of aliphatic hydroxyl groups is 1. The Balaban J connectivity index is 1.95. The molecule has 1 aliphatic rings. The Morgan fingerprint density at radius 1 is 1.17 bits per heavy atom. The van der Waals surface area contributed by atoms with E-state index in [2.05, 4.69) is 10.6 Å². The number of amides is 2.